The Balaban J connectivity index is 1.46. The lowest BCUT2D eigenvalue weighted by Gasteiger charge is -2.33. The second kappa shape index (κ2) is 8.66. The van der Waals surface area contributed by atoms with Crippen molar-refractivity contribution in [2.24, 2.45) is 11.8 Å². The Morgan fingerprint density at radius 1 is 1.04 bits per heavy atom. The van der Waals surface area contributed by atoms with E-state index in [1.165, 1.54) is 32.2 Å². The van der Waals surface area contributed by atoms with Gasteiger partial charge in [-0.2, -0.15) is 0 Å². The number of nitrogens with zero attached hydrogens (tertiary/aromatic N) is 2. The zero-order valence-corrected chi connectivity index (χ0v) is 15.7. The molecule has 0 spiro atoms. The molecule has 0 N–H and O–H groups in total. The van der Waals surface area contributed by atoms with Crippen molar-refractivity contribution in [3.05, 3.63) is 0 Å². The maximum atomic E-state index is 12.8. The number of carbonyl (C=O) groups is 1. The predicted molar refractivity (Wildman–Crippen MR) is 96.9 cm³/mol. The van der Waals surface area contributed by atoms with E-state index < -0.39 is 0 Å². The molecule has 1 amide bonds. The number of rotatable bonds is 4. The maximum absolute atomic E-state index is 12.8. The van der Waals surface area contributed by atoms with Gasteiger partial charge >= 0.3 is 0 Å². The minimum absolute atomic E-state index is 0.346. The summed E-state index contributed by atoms with van der Waals surface area (Å²) < 4.78 is 5.86. The summed E-state index contributed by atoms with van der Waals surface area (Å²) in [5.41, 5.74) is 0. The first-order chi connectivity index (χ1) is 11.6. The number of carbonyl (C=O) groups excluding carboxylic acids is 1. The van der Waals surface area contributed by atoms with Crippen LogP contribution in [0.5, 0.6) is 0 Å². The molecule has 4 nitrogen and oxygen atoms in total. The van der Waals surface area contributed by atoms with Crippen molar-refractivity contribution in [2.75, 3.05) is 32.8 Å². The molecule has 3 aliphatic rings. The van der Waals surface area contributed by atoms with E-state index in [1.54, 1.807) is 0 Å². The predicted octanol–water partition coefficient (Wildman–Crippen LogP) is 3.30. The smallest absolute Gasteiger partial charge is 0.222 e. The van der Waals surface area contributed by atoms with E-state index in [-0.39, 0.29) is 0 Å². The van der Waals surface area contributed by atoms with Gasteiger partial charge in [0.1, 0.15) is 0 Å². The summed E-state index contributed by atoms with van der Waals surface area (Å²) in [6.45, 7) is 9.43. The van der Waals surface area contributed by atoms with Gasteiger partial charge < -0.3 is 9.64 Å². The summed E-state index contributed by atoms with van der Waals surface area (Å²) in [4.78, 5) is 17.6. The fourth-order valence-corrected chi connectivity index (χ4v) is 4.75. The van der Waals surface area contributed by atoms with Gasteiger partial charge in [0.25, 0.3) is 0 Å². The fourth-order valence-electron chi connectivity index (χ4n) is 4.75. The van der Waals surface area contributed by atoms with Crippen LogP contribution >= 0.6 is 0 Å². The molecule has 2 aliphatic heterocycles. The highest BCUT2D eigenvalue weighted by molar-refractivity contribution is 5.76. The van der Waals surface area contributed by atoms with Gasteiger partial charge in [0.15, 0.2) is 0 Å². The number of amides is 1. The second-order valence-corrected chi connectivity index (χ2v) is 8.46. The summed E-state index contributed by atoms with van der Waals surface area (Å²) in [6, 6.07) is 0.794. The van der Waals surface area contributed by atoms with Crippen LogP contribution in [-0.4, -0.2) is 60.6 Å². The molecule has 2 atom stereocenters. The van der Waals surface area contributed by atoms with E-state index in [0.717, 1.165) is 58.0 Å². The molecule has 4 heteroatoms. The highest BCUT2D eigenvalue weighted by atomic mass is 16.5. The van der Waals surface area contributed by atoms with Crippen LogP contribution in [0.25, 0.3) is 0 Å². The van der Waals surface area contributed by atoms with Crippen LogP contribution in [0.1, 0.15) is 65.2 Å². The average Bonchev–Trinajstić information content (AvgIpc) is 2.99. The van der Waals surface area contributed by atoms with Crippen molar-refractivity contribution in [3.8, 4) is 0 Å². The summed E-state index contributed by atoms with van der Waals surface area (Å²) in [6.07, 6.45) is 9.86. The van der Waals surface area contributed by atoms with Gasteiger partial charge in [-0.05, 0) is 43.9 Å². The normalized spacial score (nSPS) is 30.7. The van der Waals surface area contributed by atoms with Crippen LogP contribution in [0.15, 0.2) is 0 Å². The molecule has 0 radical (unpaired) electrons. The van der Waals surface area contributed by atoms with E-state index in [0.29, 0.717) is 23.8 Å². The van der Waals surface area contributed by atoms with Gasteiger partial charge in [-0.3, -0.25) is 9.69 Å². The van der Waals surface area contributed by atoms with E-state index >= 15 is 0 Å². The zero-order valence-electron chi connectivity index (χ0n) is 15.7. The lowest BCUT2D eigenvalue weighted by Crippen LogP contribution is -2.39. The third kappa shape index (κ3) is 4.72. The van der Waals surface area contributed by atoms with Gasteiger partial charge in [0, 0.05) is 45.2 Å². The molecule has 0 aromatic heterocycles. The summed E-state index contributed by atoms with van der Waals surface area (Å²) in [7, 11) is 0. The molecular weight excluding hydrogens is 300 g/mol. The number of hydrogen-bond donors (Lipinski definition) is 0. The van der Waals surface area contributed by atoms with Crippen molar-refractivity contribution in [1.29, 1.82) is 0 Å². The molecular formula is C20H36N2O2. The summed E-state index contributed by atoms with van der Waals surface area (Å²) in [5.74, 6) is 1.46. The van der Waals surface area contributed by atoms with Crippen LogP contribution in [-0.2, 0) is 9.53 Å². The Labute approximate surface area is 147 Å². The molecule has 0 unspecified atom stereocenters. The molecule has 0 aromatic rings. The standard InChI is InChI=1S/C20H36N2O2/c1-16(2)19-14-17(8-13-24-19)15-20(23)22-10-5-9-21(11-12-22)18-6-3-4-7-18/h16-19H,3-15H2,1-2H3/t17-,19+/m0/s1. The monoisotopic (exact) mass is 336 g/mol. The highest BCUT2D eigenvalue weighted by Gasteiger charge is 2.30. The minimum atomic E-state index is 0.346. The Morgan fingerprint density at radius 2 is 1.83 bits per heavy atom. The first kappa shape index (κ1) is 18.2. The highest BCUT2D eigenvalue weighted by Crippen LogP contribution is 2.28. The van der Waals surface area contributed by atoms with Crippen LogP contribution in [0.3, 0.4) is 0 Å². The lowest BCUT2D eigenvalue weighted by atomic mass is 9.88. The molecule has 138 valence electrons. The Kier molecular flexibility index (Phi) is 6.56. The Morgan fingerprint density at radius 3 is 2.58 bits per heavy atom. The first-order valence-corrected chi connectivity index (χ1v) is 10.3. The lowest BCUT2D eigenvalue weighted by molar-refractivity contribution is -0.133. The molecule has 3 rings (SSSR count). The van der Waals surface area contributed by atoms with Crippen molar-refractivity contribution in [2.45, 2.75) is 77.4 Å². The molecule has 2 saturated heterocycles. The molecule has 0 bridgehead atoms. The van der Waals surface area contributed by atoms with Crippen LogP contribution in [0.4, 0.5) is 0 Å². The maximum Gasteiger partial charge on any atom is 0.222 e. The van der Waals surface area contributed by atoms with Crippen molar-refractivity contribution < 1.29 is 9.53 Å². The number of hydrogen-bond acceptors (Lipinski definition) is 3. The van der Waals surface area contributed by atoms with Crippen LogP contribution in [0.2, 0.25) is 0 Å². The topological polar surface area (TPSA) is 32.8 Å². The third-order valence-corrected chi connectivity index (χ3v) is 6.35. The summed E-state index contributed by atoms with van der Waals surface area (Å²) >= 11 is 0. The van der Waals surface area contributed by atoms with Gasteiger partial charge in [-0.15, -0.1) is 0 Å². The van der Waals surface area contributed by atoms with Crippen molar-refractivity contribution >= 4 is 5.91 Å². The largest absolute Gasteiger partial charge is 0.378 e. The van der Waals surface area contributed by atoms with Crippen LogP contribution < -0.4 is 0 Å². The van der Waals surface area contributed by atoms with E-state index in [2.05, 4.69) is 23.6 Å². The van der Waals surface area contributed by atoms with E-state index in [4.69, 9.17) is 4.74 Å². The van der Waals surface area contributed by atoms with Crippen molar-refractivity contribution in [3.63, 3.8) is 0 Å². The van der Waals surface area contributed by atoms with E-state index in [1.807, 2.05) is 0 Å². The molecule has 2 heterocycles. The van der Waals surface area contributed by atoms with Gasteiger partial charge in [-0.25, -0.2) is 0 Å². The Hall–Kier alpha value is -0.610. The minimum Gasteiger partial charge on any atom is -0.378 e. The van der Waals surface area contributed by atoms with Gasteiger partial charge in [0.2, 0.25) is 5.91 Å². The van der Waals surface area contributed by atoms with Gasteiger partial charge in [-0.1, -0.05) is 26.7 Å². The Bertz CT molecular complexity index is 406. The molecule has 3 fully saturated rings. The quantitative estimate of drug-likeness (QED) is 0.790. The van der Waals surface area contributed by atoms with Crippen molar-refractivity contribution in [1.82, 2.24) is 9.80 Å². The molecule has 1 aliphatic carbocycles. The SMILES string of the molecule is CC(C)[C@H]1C[C@@H](CC(=O)N2CCCN(C3CCCC3)CC2)CCO1. The second-order valence-electron chi connectivity index (χ2n) is 8.46. The van der Waals surface area contributed by atoms with Gasteiger partial charge in [0.05, 0.1) is 6.10 Å². The molecule has 0 aromatic carbocycles. The third-order valence-electron chi connectivity index (χ3n) is 6.35. The zero-order chi connectivity index (χ0) is 16.9. The molecule has 1 saturated carbocycles. The average molecular weight is 337 g/mol. The fraction of sp³-hybridized carbons (Fsp3) is 0.950. The van der Waals surface area contributed by atoms with Crippen LogP contribution in [0, 0.1) is 11.8 Å². The van der Waals surface area contributed by atoms with E-state index in [9.17, 15) is 4.79 Å². The number of ether oxygens (including phenoxy) is 1. The first-order valence-electron chi connectivity index (χ1n) is 10.3. The summed E-state index contributed by atoms with van der Waals surface area (Å²) in [5, 5.41) is 0. The molecule has 24 heavy (non-hydrogen) atoms.